The molecule has 0 aliphatic rings. The fourth-order valence-corrected chi connectivity index (χ4v) is 2.60. The van der Waals surface area contributed by atoms with E-state index >= 15 is 0 Å². The summed E-state index contributed by atoms with van der Waals surface area (Å²) in [4.78, 5) is 0. The predicted octanol–water partition coefficient (Wildman–Crippen LogP) is 4.44. The Morgan fingerprint density at radius 1 is 1.06 bits per heavy atom. The van der Waals surface area contributed by atoms with Crippen LogP contribution in [-0.2, 0) is 0 Å². The lowest BCUT2D eigenvalue weighted by Gasteiger charge is -2.27. The molecule has 1 nitrogen and oxygen atoms in total. The summed E-state index contributed by atoms with van der Waals surface area (Å²) in [5.74, 6) is -1.08. The molecule has 0 saturated carbocycles. The number of benzene rings is 1. The maximum absolute atomic E-state index is 13.3. The Hall–Kier alpha value is -0.960. The second-order valence-electron chi connectivity index (χ2n) is 4.78. The van der Waals surface area contributed by atoms with Gasteiger partial charge in [0.15, 0.2) is 11.6 Å². The summed E-state index contributed by atoms with van der Waals surface area (Å²) in [6.45, 7) is 4.31. The molecule has 102 valence electrons. The summed E-state index contributed by atoms with van der Waals surface area (Å²) >= 11 is 0. The van der Waals surface area contributed by atoms with E-state index in [0.717, 1.165) is 31.2 Å². The van der Waals surface area contributed by atoms with Crippen LogP contribution in [0.3, 0.4) is 0 Å². The van der Waals surface area contributed by atoms with Gasteiger partial charge < -0.3 is 5.32 Å². The van der Waals surface area contributed by atoms with E-state index in [0.29, 0.717) is 5.92 Å². The van der Waals surface area contributed by atoms with E-state index in [2.05, 4.69) is 19.2 Å². The van der Waals surface area contributed by atoms with Crippen molar-refractivity contribution >= 4 is 0 Å². The fourth-order valence-electron chi connectivity index (χ4n) is 2.60. The summed E-state index contributed by atoms with van der Waals surface area (Å²) in [5, 5.41) is 3.25. The molecular weight excluding hydrogens is 232 g/mol. The topological polar surface area (TPSA) is 12.0 Å². The van der Waals surface area contributed by atoms with Crippen molar-refractivity contribution in [1.82, 2.24) is 5.32 Å². The van der Waals surface area contributed by atoms with Crippen molar-refractivity contribution in [3.63, 3.8) is 0 Å². The highest BCUT2D eigenvalue weighted by Crippen LogP contribution is 2.30. The van der Waals surface area contributed by atoms with Crippen LogP contribution in [0.15, 0.2) is 18.2 Å². The van der Waals surface area contributed by atoms with Crippen molar-refractivity contribution in [2.24, 2.45) is 5.92 Å². The lowest BCUT2D eigenvalue weighted by atomic mass is 9.86. The Morgan fingerprint density at radius 3 is 2.11 bits per heavy atom. The molecule has 1 aromatic rings. The van der Waals surface area contributed by atoms with Crippen LogP contribution in [0, 0.1) is 17.6 Å². The second kappa shape index (κ2) is 7.47. The maximum Gasteiger partial charge on any atom is 0.159 e. The van der Waals surface area contributed by atoms with Gasteiger partial charge in [-0.15, -0.1) is 0 Å². The molecule has 1 rings (SSSR count). The van der Waals surface area contributed by atoms with Gasteiger partial charge >= 0.3 is 0 Å². The van der Waals surface area contributed by atoms with Crippen LogP contribution in [-0.4, -0.2) is 7.05 Å². The number of nitrogens with one attached hydrogen (secondary N) is 1. The third-order valence-electron chi connectivity index (χ3n) is 3.40. The minimum Gasteiger partial charge on any atom is -0.313 e. The molecule has 1 unspecified atom stereocenters. The summed E-state index contributed by atoms with van der Waals surface area (Å²) in [6, 6.07) is 4.30. The van der Waals surface area contributed by atoms with Crippen LogP contribution >= 0.6 is 0 Å². The first-order valence-corrected chi connectivity index (χ1v) is 6.76. The lowest BCUT2D eigenvalue weighted by Crippen LogP contribution is -2.25. The van der Waals surface area contributed by atoms with Gasteiger partial charge in [-0.2, -0.15) is 0 Å². The van der Waals surface area contributed by atoms with E-state index in [-0.39, 0.29) is 6.04 Å². The molecule has 0 amide bonds. The second-order valence-corrected chi connectivity index (χ2v) is 4.78. The highest BCUT2D eigenvalue weighted by molar-refractivity contribution is 5.22. The quantitative estimate of drug-likeness (QED) is 0.759. The van der Waals surface area contributed by atoms with E-state index in [1.165, 1.54) is 12.1 Å². The molecule has 0 radical (unpaired) electrons. The molecule has 1 atom stereocenters. The zero-order chi connectivity index (χ0) is 13.5. The van der Waals surface area contributed by atoms with Crippen molar-refractivity contribution < 1.29 is 8.78 Å². The van der Waals surface area contributed by atoms with Crippen molar-refractivity contribution in [3.8, 4) is 0 Å². The number of halogens is 2. The van der Waals surface area contributed by atoms with Gasteiger partial charge in [0.1, 0.15) is 0 Å². The molecule has 18 heavy (non-hydrogen) atoms. The smallest absolute Gasteiger partial charge is 0.159 e. The largest absolute Gasteiger partial charge is 0.313 e. The van der Waals surface area contributed by atoms with Gasteiger partial charge in [-0.1, -0.05) is 32.8 Å². The summed E-state index contributed by atoms with van der Waals surface area (Å²) in [7, 11) is 1.88. The van der Waals surface area contributed by atoms with E-state index in [1.807, 2.05) is 7.05 Å². The van der Waals surface area contributed by atoms with E-state index in [4.69, 9.17) is 0 Å². The molecule has 0 spiro atoms. The third kappa shape index (κ3) is 3.77. The van der Waals surface area contributed by atoms with Crippen LogP contribution in [0.4, 0.5) is 8.78 Å². The Bertz CT molecular complexity index is 360. The van der Waals surface area contributed by atoms with Gasteiger partial charge in [0.2, 0.25) is 0 Å². The minimum absolute atomic E-state index is 0.0972. The Morgan fingerprint density at radius 2 is 1.67 bits per heavy atom. The van der Waals surface area contributed by atoms with E-state index < -0.39 is 11.6 Å². The van der Waals surface area contributed by atoms with Crippen molar-refractivity contribution in [2.45, 2.75) is 45.6 Å². The Kier molecular flexibility index (Phi) is 6.27. The standard InChI is InChI=1S/C15H23F2N/c1-4-6-11(7-5-2)15(18-3)12-8-9-13(16)14(17)10-12/h8-11,15,18H,4-7H2,1-3H3. The first-order chi connectivity index (χ1) is 8.63. The van der Waals surface area contributed by atoms with Gasteiger partial charge in [-0.3, -0.25) is 0 Å². The molecule has 1 N–H and O–H groups in total. The summed E-state index contributed by atoms with van der Waals surface area (Å²) in [6.07, 6.45) is 4.40. The van der Waals surface area contributed by atoms with Gasteiger partial charge in [0.25, 0.3) is 0 Å². The summed E-state index contributed by atoms with van der Waals surface area (Å²) < 4.78 is 26.3. The first-order valence-electron chi connectivity index (χ1n) is 6.76. The molecule has 0 fully saturated rings. The molecule has 1 aromatic carbocycles. The van der Waals surface area contributed by atoms with Crippen LogP contribution < -0.4 is 5.32 Å². The monoisotopic (exact) mass is 255 g/mol. The molecular formula is C15H23F2N. The highest BCUT2D eigenvalue weighted by atomic mass is 19.2. The highest BCUT2D eigenvalue weighted by Gasteiger charge is 2.21. The van der Waals surface area contributed by atoms with Crippen LogP contribution in [0.1, 0.15) is 51.1 Å². The Balaban J connectivity index is 2.94. The van der Waals surface area contributed by atoms with Crippen LogP contribution in [0.2, 0.25) is 0 Å². The van der Waals surface area contributed by atoms with Gasteiger partial charge in [-0.05, 0) is 43.5 Å². The zero-order valence-electron chi connectivity index (χ0n) is 11.5. The van der Waals surface area contributed by atoms with Crippen molar-refractivity contribution in [1.29, 1.82) is 0 Å². The van der Waals surface area contributed by atoms with Gasteiger partial charge in [0, 0.05) is 6.04 Å². The van der Waals surface area contributed by atoms with Crippen LogP contribution in [0.25, 0.3) is 0 Å². The van der Waals surface area contributed by atoms with E-state index in [1.54, 1.807) is 6.07 Å². The first kappa shape index (κ1) is 15.1. The predicted molar refractivity (Wildman–Crippen MR) is 71.5 cm³/mol. The van der Waals surface area contributed by atoms with E-state index in [9.17, 15) is 8.78 Å². The van der Waals surface area contributed by atoms with Crippen molar-refractivity contribution in [2.75, 3.05) is 7.05 Å². The molecule has 0 saturated heterocycles. The van der Waals surface area contributed by atoms with Gasteiger partial charge in [-0.25, -0.2) is 8.78 Å². The molecule has 0 bridgehead atoms. The normalized spacial score (nSPS) is 13.0. The fraction of sp³-hybridized carbons (Fsp3) is 0.600. The number of hydrogen-bond donors (Lipinski definition) is 1. The molecule has 0 aromatic heterocycles. The zero-order valence-corrected chi connectivity index (χ0v) is 11.5. The lowest BCUT2D eigenvalue weighted by molar-refractivity contribution is 0.329. The average Bonchev–Trinajstić information content (AvgIpc) is 2.35. The maximum atomic E-state index is 13.3. The van der Waals surface area contributed by atoms with Crippen molar-refractivity contribution in [3.05, 3.63) is 35.4 Å². The molecule has 3 heteroatoms. The molecule has 0 heterocycles. The third-order valence-corrected chi connectivity index (χ3v) is 3.40. The average molecular weight is 255 g/mol. The molecule has 0 aliphatic heterocycles. The van der Waals surface area contributed by atoms with Gasteiger partial charge in [0.05, 0.1) is 0 Å². The Labute approximate surface area is 109 Å². The SMILES string of the molecule is CCCC(CCC)C(NC)c1ccc(F)c(F)c1. The number of rotatable bonds is 7. The number of hydrogen-bond acceptors (Lipinski definition) is 1. The van der Waals surface area contributed by atoms with Crippen LogP contribution in [0.5, 0.6) is 0 Å². The molecule has 0 aliphatic carbocycles. The summed E-state index contributed by atoms with van der Waals surface area (Å²) in [5.41, 5.74) is 0.836. The minimum atomic E-state index is -0.781.